The van der Waals surface area contributed by atoms with Crippen LogP contribution in [0.2, 0.25) is 0 Å². The number of aryl methyl sites for hydroxylation is 1. The highest BCUT2D eigenvalue weighted by atomic mass is 16.4. The summed E-state index contributed by atoms with van der Waals surface area (Å²) in [5.74, 6) is 1.32. The van der Waals surface area contributed by atoms with Gasteiger partial charge in [-0.1, -0.05) is 18.2 Å². The quantitative estimate of drug-likeness (QED) is 0.672. The zero-order valence-corrected chi connectivity index (χ0v) is 16.3. The molecule has 8 nitrogen and oxygen atoms in total. The third kappa shape index (κ3) is 3.68. The molecule has 146 valence electrons. The van der Waals surface area contributed by atoms with Crippen molar-refractivity contribution in [3.05, 3.63) is 54.2 Å². The van der Waals surface area contributed by atoms with Gasteiger partial charge in [0.15, 0.2) is 0 Å². The van der Waals surface area contributed by atoms with E-state index in [1.165, 1.54) is 0 Å². The highest BCUT2D eigenvalue weighted by Crippen LogP contribution is 2.34. The van der Waals surface area contributed by atoms with Crippen molar-refractivity contribution in [3.63, 3.8) is 0 Å². The second-order valence-electron chi connectivity index (χ2n) is 7.55. The van der Waals surface area contributed by atoms with Crippen molar-refractivity contribution in [1.82, 2.24) is 29.8 Å². The standard InChI is InChI=1S/C20H24N6O2/c1-24(2)10-16-12-26(20(27)15-9-21-25(3)11-15)13-17(16)19-23-22-18(28-19)14-7-5-4-6-8-14/h4-9,11,16-17H,10,12-13H2,1-3H3/t16-,17-/m0/s1. The van der Waals surface area contributed by atoms with Crippen LogP contribution in [0.3, 0.4) is 0 Å². The van der Waals surface area contributed by atoms with Crippen LogP contribution in [-0.2, 0) is 7.05 Å². The maximum absolute atomic E-state index is 12.9. The van der Waals surface area contributed by atoms with Crippen molar-refractivity contribution in [2.24, 2.45) is 13.0 Å². The molecule has 8 heteroatoms. The SMILES string of the molecule is CN(C)C[C@H]1CN(C(=O)c2cnn(C)c2)C[C@@H]1c1nnc(-c2ccccc2)o1. The molecule has 3 heterocycles. The molecule has 0 N–H and O–H groups in total. The topological polar surface area (TPSA) is 80.3 Å². The summed E-state index contributed by atoms with van der Waals surface area (Å²) in [6, 6.07) is 9.73. The molecule has 0 spiro atoms. The van der Waals surface area contributed by atoms with Crippen LogP contribution in [0.15, 0.2) is 47.1 Å². The van der Waals surface area contributed by atoms with E-state index in [0.717, 1.165) is 12.1 Å². The average molecular weight is 380 g/mol. The number of aromatic nitrogens is 4. The molecule has 1 saturated heterocycles. The lowest BCUT2D eigenvalue weighted by atomic mass is 9.95. The maximum Gasteiger partial charge on any atom is 0.257 e. The largest absolute Gasteiger partial charge is 0.420 e. The van der Waals surface area contributed by atoms with Gasteiger partial charge in [0, 0.05) is 44.4 Å². The van der Waals surface area contributed by atoms with E-state index in [-0.39, 0.29) is 17.7 Å². The van der Waals surface area contributed by atoms with Crippen LogP contribution in [0, 0.1) is 5.92 Å². The number of carbonyl (C=O) groups excluding carboxylic acids is 1. The summed E-state index contributed by atoms with van der Waals surface area (Å²) in [6.07, 6.45) is 3.35. The minimum Gasteiger partial charge on any atom is -0.420 e. The van der Waals surface area contributed by atoms with Crippen LogP contribution in [0.5, 0.6) is 0 Å². The summed E-state index contributed by atoms with van der Waals surface area (Å²) in [4.78, 5) is 16.9. The number of nitrogens with zero attached hydrogens (tertiary/aromatic N) is 6. The molecular formula is C20H24N6O2. The van der Waals surface area contributed by atoms with Gasteiger partial charge in [-0.3, -0.25) is 9.48 Å². The first-order valence-corrected chi connectivity index (χ1v) is 9.32. The first-order chi connectivity index (χ1) is 13.5. The fraction of sp³-hybridized carbons (Fsp3) is 0.400. The van der Waals surface area contributed by atoms with Gasteiger partial charge >= 0.3 is 0 Å². The molecule has 0 radical (unpaired) electrons. The van der Waals surface area contributed by atoms with Gasteiger partial charge in [0.25, 0.3) is 5.91 Å². The van der Waals surface area contributed by atoms with E-state index in [1.807, 2.05) is 56.4 Å². The highest BCUT2D eigenvalue weighted by molar-refractivity contribution is 5.94. The molecule has 0 unspecified atom stereocenters. The van der Waals surface area contributed by atoms with E-state index in [9.17, 15) is 4.79 Å². The lowest BCUT2D eigenvalue weighted by molar-refractivity contribution is 0.0783. The van der Waals surface area contributed by atoms with Gasteiger partial charge in [0.2, 0.25) is 11.8 Å². The summed E-state index contributed by atoms with van der Waals surface area (Å²) in [6.45, 7) is 2.05. The summed E-state index contributed by atoms with van der Waals surface area (Å²) < 4.78 is 7.65. The molecule has 1 aromatic carbocycles. The summed E-state index contributed by atoms with van der Waals surface area (Å²) in [5.41, 5.74) is 1.49. The molecular weight excluding hydrogens is 356 g/mol. The Morgan fingerprint density at radius 1 is 1.21 bits per heavy atom. The van der Waals surface area contributed by atoms with Gasteiger partial charge in [0.1, 0.15) is 0 Å². The number of hydrogen-bond donors (Lipinski definition) is 0. The van der Waals surface area contributed by atoms with Crippen molar-refractivity contribution in [1.29, 1.82) is 0 Å². The maximum atomic E-state index is 12.9. The second kappa shape index (κ2) is 7.55. The van der Waals surface area contributed by atoms with Crippen LogP contribution in [0.1, 0.15) is 22.2 Å². The molecule has 1 aliphatic heterocycles. The number of rotatable bonds is 5. The fourth-order valence-electron chi connectivity index (χ4n) is 3.77. The Hall–Kier alpha value is -3.00. The zero-order chi connectivity index (χ0) is 19.7. The smallest absolute Gasteiger partial charge is 0.257 e. The normalized spacial score (nSPS) is 19.5. The predicted molar refractivity (Wildman–Crippen MR) is 104 cm³/mol. The molecule has 1 fully saturated rings. The van der Waals surface area contributed by atoms with Crippen LogP contribution in [0.4, 0.5) is 0 Å². The van der Waals surface area contributed by atoms with E-state index in [4.69, 9.17) is 4.42 Å². The Morgan fingerprint density at radius 2 is 2.00 bits per heavy atom. The molecule has 3 aromatic rings. The fourth-order valence-corrected chi connectivity index (χ4v) is 3.77. The third-order valence-electron chi connectivity index (χ3n) is 5.06. The molecule has 28 heavy (non-hydrogen) atoms. The van der Waals surface area contributed by atoms with Crippen LogP contribution < -0.4 is 0 Å². The van der Waals surface area contributed by atoms with E-state index in [1.54, 1.807) is 17.1 Å². The van der Waals surface area contributed by atoms with E-state index in [2.05, 4.69) is 20.2 Å². The summed E-state index contributed by atoms with van der Waals surface area (Å²) in [5, 5.41) is 12.7. The van der Waals surface area contributed by atoms with Crippen molar-refractivity contribution in [2.45, 2.75) is 5.92 Å². The Bertz CT molecular complexity index is 949. The lowest BCUT2D eigenvalue weighted by Gasteiger charge is -2.19. The molecule has 4 rings (SSSR count). The number of carbonyl (C=O) groups is 1. The monoisotopic (exact) mass is 380 g/mol. The van der Waals surface area contributed by atoms with E-state index >= 15 is 0 Å². The van der Waals surface area contributed by atoms with Gasteiger partial charge in [0.05, 0.1) is 17.7 Å². The molecule has 1 aliphatic rings. The first kappa shape index (κ1) is 18.4. The molecule has 0 saturated carbocycles. The Labute approximate surface area is 163 Å². The Balaban J connectivity index is 1.57. The second-order valence-corrected chi connectivity index (χ2v) is 7.55. The molecule has 2 aromatic heterocycles. The lowest BCUT2D eigenvalue weighted by Crippen LogP contribution is -2.30. The predicted octanol–water partition coefficient (Wildman–Crippen LogP) is 1.89. The summed E-state index contributed by atoms with van der Waals surface area (Å²) >= 11 is 0. The van der Waals surface area contributed by atoms with Gasteiger partial charge < -0.3 is 14.2 Å². The Morgan fingerprint density at radius 3 is 2.68 bits per heavy atom. The molecule has 1 amide bonds. The first-order valence-electron chi connectivity index (χ1n) is 9.32. The van der Waals surface area contributed by atoms with Gasteiger partial charge in [-0.15, -0.1) is 10.2 Å². The van der Waals surface area contributed by atoms with Gasteiger partial charge in [-0.2, -0.15) is 5.10 Å². The van der Waals surface area contributed by atoms with Crippen LogP contribution in [-0.4, -0.2) is 69.4 Å². The summed E-state index contributed by atoms with van der Waals surface area (Å²) in [7, 11) is 5.87. The van der Waals surface area contributed by atoms with Crippen molar-refractivity contribution in [3.8, 4) is 11.5 Å². The van der Waals surface area contributed by atoms with Gasteiger partial charge in [-0.25, -0.2) is 0 Å². The number of hydrogen-bond acceptors (Lipinski definition) is 6. The molecule has 0 bridgehead atoms. The number of benzene rings is 1. The molecule has 2 atom stereocenters. The zero-order valence-electron chi connectivity index (χ0n) is 16.3. The van der Waals surface area contributed by atoms with Crippen molar-refractivity contribution >= 4 is 5.91 Å². The Kier molecular flexibility index (Phi) is 4.95. The minimum atomic E-state index is -0.0119. The minimum absolute atomic E-state index is 0.00739. The van der Waals surface area contributed by atoms with Gasteiger partial charge in [-0.05, 0) is 26.2 Å². The number of amides is 1. The van der Waals surface area contributed by atoms with E-state index < -0.39 is 0 Å². The van der Waals surface area contributed by atoms with Crippen LogP contribution in [0.25, 0.3) is 11.5 Å². The highest BCUT2D eigenvalue weighted by Gasteiger charge is 2.40. The number of likely N-dealkylation sites (tertiary alicyclic amines) is 1. The average Bonchev–Trinajstić information content (AvgIpc) is 3.41. The van der Waals surface area contributed by atoms with Crippen LogP contribution >= 0.6 is 0 Å². The van der Waals surface area contributed by atoms with Crippen molar-refractivity contribution < 1.29 is 9.21 Å². The third-order valence-corrected chi connectivity index (χ3v) is 5.06. The van der Waals surface area contributed by atoms with E-state index in [0.29, 0.717) is 30.4 Å². The molecule has 0 aliphatic carbocycles. The van der Waals surface area contributed by atoms with Crippen molar-refractivity contribution in [2.75, 3.05) is 33.7 Å².